The van der Waals surface area contributed by atoms with Crippen LogP contribution in [0.2, 0.25) is 0 Å². The summed E-state index contributed by atoms with van der Waals surface area (Å²) in [4.78, 5) is 14.7. The number of fused-ring (bicyclic) bond motifs is 2. The Morgan fingerprint density at radius 3 is 2.43 bits per heavy atom. The van der Waals surface area contributed by atoms with E-state index in [1.165, 1.54) is 18.4 Å². The summed E-state index contributed by atoms with van der Waals surface area (Å²) in [5.74, 6) is 0.185. The summed E-state index contributed by atoms with van der Waals surface area (Å²) in [7, 11) is 0. The van der Waals surface area contributed by atoms with Gasteiger partial charge in [-0.05, 0) is 42.4 Å². The van der Waals surface area contributed by atoms with Crippen molar-refractivity contribution in [3.05, 3.63) is 35.4 Å². The van der Waals surface area contributed by atoms with Gasteiger partial charge in [-0.1, -0.05) is 32.9 Å². The monoisotopic (exact) mass is 286 g/mol. The summed E-state index contributed by atoms with van der Waals surface area (Å²) in [6.07, 6.45) is 3.56. The summed E-state index contributed by atoms with van der Waals surface area (Å²) < 4.78 is 0. The van der Waals surface area contributed by atoms with Gasteiger partial charge >= 0.3 is 0 Å². The molecule has 0 aromatic heterocycles. The van der Waals surface area contributed by atoms with E-state index in [9.17, 15) is 4.79 Å². The van der Waals surface area contributed by atoms with Crippen molar-refractivity contribution in [3.8, 4) is 0 Å². The van der Waals surface area contributed by atoms with Crippen molar-refractivity contribution >= 4 is 5.91 Å². The highest BCUT2D eigenvalue weighted by Crippen LogP contribution is 2.24. The molecule has 0 spiro atoms. The maximum absolute atomic E-state index is 12.7. The van der Waals surface area contributed by atoms with Gasteiger partial charge in [-0.2, -0.15) is 0 Å². The first-order valence-electron chi connectivity index (χ1n) is 8.09. The fourth-order valence-corrected chi connectivity index (χ4v) is 3.42. The van der Waals surface area contributed by atoms with Gasteiger partial charge in [0.2, 0.25) is 0 Å². The van der Waals surface area contributed by atoms with Crippen LogP contribution in [0.25, 0.3) is 0 Å². The van der Waals surface area contributed by atoms with Crippen LogP contribution in [0.15, 0.2) is 24.3 Å². The molecule has 2 atom stereocenters. The van der Waals surface area contributed by atoms with E-state index in [0.29, 0.717) is 12.1 Å². The second-order valence-corrected chi connectivity index (χ2v) is 7.51. The SMILES string of the molecule is CC(C)(C)c1ccc(C(=O)N2CCC3CCC(C2)N3)cc1. The summed E-state index contributed by atoms with van der Waals surface area (Å²) >= 11 is 0. The second kappa shape index (κ2) is 5.45. The minimum Gasteiger partial charge on any atom is -0.337 e. The molecule has 0 radical (unpaired) electrons. The molecule has 2 saturated heterocycles. The van der Waals surface area contributed by atoms with Gasteiger partial charge in [-0.25, -0.2) is 0 Å². The Morgan fingerprint density at radius 2 is 1.76 bits per heavy atom. The molecule has 2 aliphatic heterocycles. The van der Waals surface area contributed by atoms with Gasteiger partial charge in [0.05, 0.1) is 0 Å². The van der Waals surface area contributed by atoms with Crippen LogP contribution in [0.5, 0.6) is 0 Å². The van der Waals surface area contributed by atoms with E-state index in [-0.39, 0.29) is 11.3 Å². The molecule has 2 fully saturated rings. The van der Waals surface area contributed by atoms with Crippen LogP contribution in [-0.2, 0) is 5.41 Å². The lowest BCUT2D eigenvalue weighted by Crippen LogP contribution is -2.39. The molecule has 114 valence electrons. The van der Waals surface area contributed by atoms with Crippen molar-refractivity contribution in [3.63, 3.8) is 0 Å². The first-order valence-corrected chi connectivity index (χ1v) is 8.09. The molecule has 2 unspecified atom stereocenters. The number of benzene rings is 1. The first-order chi connectivity index (χ1) is 9.93. The number of hydrogen-bond acceptors (Lipinski definition) is 2. The van der Waals surface area contributed by atoms with Crippen molar-refractivity contribution in [2.45, 2.75) is 57.5 Å². The summed E-state index contributed by atoms with van der Waals surface area (Å²) in [6, 6.07) is 9.27. The van der Waals surface area contributed by atoms with E-state index >= 15 is 0 Å². The molecule has 0 saturated carbocycles. The zero-order chi connectivity index (χ0) is 15.0. The fourth-order valence-electron chi connectivity index (χ4n) is 3.42. The van der Waals surface area contributed by atoms with Crippen LogP contribution in [0.3, 0.4) is 0 Å². The Balaban J connectivity index is 1.73. The van der Waals surface area contributed by atoms with E-state index in [2.05, 4.69) is 38.2 Å². The Labute approximate surface area is 127 Å². The smallest absolute Gasteiger partial charge is 0.253 e. The zero-order valence-corrected chi connectivity index (χ0v) is 13.4. The molecule has 1 aromatic carbocycles. The van der Waals surface area contributed by atoms with Crippen molar-refractivity contribution in [2.24, 2.45) is 0 Å². The van der Waals surface area contributed by atoms with Crippen molar-refractivity contribution in [1.82, 2.24) is 10.2 Å². The predicted molar refractivity (Wildman–Crippen MR) is 85.6 cm³/mol. The van der Waals surface area contributed by atoms with Gasteiger partial charge in [0, 0.05) is 30.7 Å². The van der Waals surface area contributed by atoms with Gasteiger partial charge in [0.1, 0.15) is 0 Å². The molecule has 3 heteroatoms. The molecule has 2 bridgehead atoms. The van der Waals surface area contributed by atoms with Gasteiger partial charge < -0.3 is 10.2 Å². The number of carbonyl (C=O) groups is 1. The molecule has 21 heavy (non-hydrogen) atoms. The largest absolute Gasteiger partial charge is 0.337 e. The lowest BCUT2D eigenvalue weighted by atomic mass is 9.86. The third kappa shape index (κ3) is 3.13. The molecule has 2 heterocycles. The Morgan fingerprint density at radius 1 is 1.10 bits per heavy atom. The van der Waals surface area contributed by atoms with Gasteiger partial charge in [0.15, 0.2) is 0 Å². The number of rotatable bonds is 1. The maximum atomic E-state index is 12.7. The number of likely N-dealkylation sites (tertiary alicyclic amines) is 1. The van der Waals surface area contributed by atoms with E-state index in [4.69, 9.17) is 0 Å². The zero-order valence-electron chi connectivity index (χ0n) is 13.4. The molecular formula is C18H26N2O. The number of nitrogens with zero attached hydrogens (tertiary/aromatic N) is 1. The van der Waals surface area contributed by atoms with Gasteiger partial charge in [-0.15, -0.1) is 0 Å². The van der Waals surface area contributed by atoms with E-state index < -0.39 is 0 Å². The van der Waals surface area contributed by atoms with Gasteiger partial charge in [-0.3, -0.25) is 4.79 Å². The minimum absolute atomic E-state index is 0.132. The summed E-state index contributed by atoms with van der Waals surface area (Å²) in [6.45, 7) is 8.33. The quantitative estimate of drug-likeness (QED) is 0.861. The number of nitrogens with one attached hydrogen (secondary N) is 1. The van der Waals surface area contributed by atoms with E-state index in [1.54, 1.807) is 0 Å². The van der Waals surface area contributed by atoms with E-state index in [0.717, 1.165) is 25.1 Å². The van der Waals surface area contributed by atoms with Gasteiger partial charge in [0.25, 0.3) is 5.91 Å². The van der Waals surface area contributed by atoms with Crippen LogP contribution >= 0.6 is 0 Å². The maximum Gasteiger partial charge on any atom is 0.253 e. The lowest BCUT2D eigenvalue weighted by Gasteiger charge is -2.25. The number of amides is 1. The molecule has 2 aliphatic rings. The minimum atomic E-state index is 0.132. The molecule has 3 rings (SSSR count). The highest BCUT2D eigenvalue weighted by atomic mass is 16.2. The normalized spacial score (nSPS) is 25.8. The average molecular weight is 286 g/mol. The van der Waals surface area contributed by atoms with Crippen LogP contribution in [0.4, 0.5) is 0 Å². The third-order valence-corrected chi connectivity index (χ3v) is 4.81. The Kier molecular flexibility index (Phi) is 3.78. The molecule has 1 amide bonds. The molecule has 3 nitrogen and oxygen atoms in total. The second-order valence-electron chi connectivity index (χ2n) is 7.51. The Bertz CT molecular complexity index is 515. The highest BCUT2D eigenvalue weighted by Gasteiger charge is 2.31. The molecule has 1 aromatic rings. The number of carbonyl (C=O) groups excluding carboxylic acids is 1. The summed E-state index contributed by atoms with van der Waals surface area (Å²) in [5, 5.41) is 3.62. The summed E-state index contributed by atoms with van der Waals surface area (Å²) in [5.41, 5.74) is 2.23. The van der Waals surface area contributed by atoms with Crippen LogP contribution in [0.1, 0.15) is 56.0 Å². The molecule has 1 N–H and O–H groups in total. The van der Waals surface area contributed by atoms with Crippen molar-refractivity contribution in [2.75, 3.05) is 13.1 Å². The fraction of sp³-hybridized carbons (Fsp3) is 0.611. The van der Waals surface area contributed by atoms with Crippen molar-refractivity contribution < 1.29 is 4.79 Å². The predicted octanol–water partition coefficient (Wildman–Crippen LogP) is 2.95. The standard InChI is InChI=1S/C18H26N2O/c1-18(2,3)14-6-4-13(5-7-14)17(21)20-11-10-15-8-9-16(12-20)19-15/h4-7,15-16,19H,8-12H2,1-3H3. The van der Waals surface area contributed by atoms with Crippen LogP contribution in [0, 0.1) is 0 Å². The van der Waals surface area contributed by atoms with Crippen molar-refractivity contribution in [1.29, 1.82) is 0 Å². The highest BCUT2D eigenvalue weighted by molar-refractivity contribution is 5.94. The average Bonchev–Trinajstić information content (AvgIpc) is 2.77. The Hall–Kier alpha value is -1.35. The first kappa shape index (κ1) is 14.6. The topological polar surface area (TPSA) is 32.3 Å². The molecular weight excluding hydrogens is 260 g/mol. The van der Waals surface area contributed by atoms with Crippen LogP contribution in [-0.4, -0.2) is 36.0 Å². The molecule has 0 aliphatic carbocycles. The third-order valence-electron chi connectivity index (χ3n) is 4.81. The lowest BCUT2D eigenvalue weighted by molar-refractivity contribution is 0.0748. The number of hydrogen-bond donors (Lipinski definition) is 1. The van der Waals surface area contributed by atoms with E-state index in [1.807, 2.05) is 17.0 Å². The van der Waals surface area contributed by atoms with Crippen LogP contribution < -0.4 is 5.32 Å².